The fraction of sp³-hybridized carbons (Fsp3) is 0.560. The van der Waals surface area contributed by atoms with Gasteiger partial charge < -0.3 is 10.6 Å². The maximum absolute atomic E-state index is 14.4. The van der Waals surface area contributed by atoms with E-state index >= 15 is 0 Å². The predicted octanol–water partition coefficient (Wildman–Crippen LogP) is 3.47. The molecule has 2 aromatic rings. The molecule has 4 heterocycles. The van der Waals surface area contributed by atoms with Crippen molar-refractivity contribution in [2.75, 3.05) is 38.5 Å². The molecule has 8 nitrogen and oxygen atoms in total. The molecule has 202 valence electrons. The van der Waals surface area contributed by atoms with Crippen LogP contribution in [0.2, 0.25) is 0 Å². The Morgan fingerprint density at radius 1 is 1.11 bits per heavy atom. The topological polar surface area (TPSA) is 96.6 Å². The molecule has 1 unspecified atom stereocenters. The number of nitrogens with zero attached hydrogens (tertiary/aromatic N) is 4. The third kappa shape index (κ3) is 7.59. The minimum Gasteiger partial charge on any atom is -0.384 e. The molecule has 0 aliphatic carbocycles. The van der Waals surface area contributed by atoms with Crippen LogP contribution in [0.15, 0.2) is 36.7 Å². The molecule has 0 aromatic carbocycles. The highest BCUT2D eigenvalue weighted by atomic mass is 19.4. The van der Waals surface area contributed by atoms with Gasteiger partial charge in [0.25, 0.3) is 0 Å². The number of alkyl halides is 3. The van der Waals surface area contributed by atoms with E-state index < -0.39 is 24.6 Å². The van der Waals surface area contributed by atoms with Crippen LogP contribution in [0.25, 0.3) is 0 Å². The van der Waals surface area contributed by atoms with Gasteiger partial charge in [-0.1, -0.05) is 0 Å². The van der Waals surface area contributed by atoms with Crippen molar-refractivity contribution in [2.45, 2.75) is 44.4 Å². The van der Waals surface area contributed by atoms with Crippen molar-refractivity contribution in [3.63, 3.8) is 0 Å². The van der Waals surface area contributed by atoms with Gasteiger partial charge in [0.05, 0.1) is 11.7 Å². The number of hydrogen-bond donors (Lipinski definition) is 2. The summed E-state index contributed by atoms with van der Waals surface area (Å²) in [5.41, 5.74) is 9.26. The first-order valence-electron chi connectivity index (χ1n) is 12.5. The van der Waals surface area contributed by atoms with E-state index in [1.807, 2.05) is 17.0 Å². The molecule has 1 atom stereocenters. The molecule has 3 N–H and O–H groups in total. The van der Waals surface area contributed by atoms with Gasteiger partial charge in [-0.15, -0.1) is 0 Å². The number of hydroxylamine groups is 1. The fourth-order valence-electron chi connectivity index (χ4n) is 5.12. The van der Waals surface area contributed by atoms with Gasteiger partial charge in [-0.25, -0.2) is 9.37 Å². The first-order valence-corrected chi connectivity index (χ1v) is 12.5. The molecule has 0 bridgehead atoms. The van der Waals surface area contributed by atoms with E-state index in [-0.39, 0.29) is 23.4 Å². The number of carbonyl (C=O) groups excluding carboxylic acids is 1. The van der Waals surface area contributed by atoms with Gasteiger partial charge in [0, 0.05) is 37.9 Å². The molecule has 0 spiro atoms. The molecule has 0 saturated carbocycles. The van der Waals surface area contributed by atoms with Crippen LogP contribution in [0.5, 0.6) is 0 Å². The molecule has 2 aromatic heterocycles. The van der Waals surface area contributed by atoms with Gasteiger partial charge in [0.15, 0.2) is 6.61 Å². The van der Waals surface area contributed by atoms with Crippen LogP contribution in [-0.2, 0) is 16.2 Å². The number of pyridine rings is 2. The van der Waals surface area contributed by atoms with Crippen LogP contribution in [-0.4, -0.2) is 64.6 Å². The van der Waals surface area contributed by atoms with E-state index in [4.69, 9.17) is 5.73 Å². The summed E-state index contributed by atoms with van der Waals surface area (Å²) in [4.78, 5) is 30.0. The van der Waals surface area contributed by atoms with Crippen molar-refractivity contribution >= 4 is 11.7 Å². The van der Waals surface area contributed by atoms with E-state index in [0.717, 1.165) is 38.0 Å². The van der Waals surface area contributed by atoms with E-state index in [1.54, 1.807) is 6.20 Å². The third-order valence-corrected chi connectivity index (χ3v) is 7.04. The number of rotatable bonds is 8. The summed E-state index contributed by atoms with van der Waals surface area (Å²) in [6.07, 6.45) is 1.08. The second-order valence-corrected chi connectivity index (χ2v) is 9.67. The number of anilines is 1. The maximum atomic E-state index is 14.4. The van der Waals surface area contributed by atoms with Crippen molar-refractivity contribution in [2.24, 2.45) is 11.8 Å². The van der Waals surface area contributed by atoms with Gasteiger partial charge >= 0.3 is 6.18 Å². The first kappa shape index (κ1) is 27.2. The monoisotopic (exact) mass is 524 g/mol. The molecule has 37 heavy (non-hydrogen) atoms. The summed E-state index contributed by atoms with van der Waals surface area (Å²) < 4.78 is 52.2. The Morgan fingerprint density at radius 2 is 1.84 bits per heavy atom. The largest absolute Gasteiger partial charge is 0.413 e. The summed E-state index contributed by atoms with van der Waals surface area (Å²) >= 11 is 0. The van der Waals surface area contributed by atoms with Crippen molar-refractivity contribution in [3.05, 3.63) is 53.7 Å². The SMILES string of the molecule is Nc1cc(CN2CCC(C(=O)N3CCC(C(NOCC(F)(F)F)c4ncccc4F)CC3)CC2)ccn1. The summed E-state index contributed by atoms with van der Waals surface area (Å²) in [6, 6.07) is 5.58. The number of halogens is 4. The zero-order valence-corrected chi connectivity index (χ0v) is 20.5. The van der Waals surface area contributed by atoms with Crippen LogP contribution in [0.1, 0.15) is 43.0 Å². The number of nitrogens with one attached hydrogen (secondary N) is 1. The molecule has 2 saturated heterocycles. The summed E-state index contributed by atoms with van der Waals surface area (Å²) in [5, 5.41) is 0. The molecule has 1 amide bonds. The standard InChI is InChI=1S/C25H32F4N6O2/c26-20-2-1-8-32-23(20)22(33-37-16-25(27,28)29)18-6-12-35(13-7-18)24(36)19-4-10-34(11-5-19)15-17-3-9-31-21(30)14-17/h1-3,8-9,14,18-19,22,33H,4-7,10-13,15-16H2,(H2,30,31). The first-order chi connectivity index (χ1) is 17.7. The predicted molar refractivity (Wildman–Crippen MR) is 128 cm³/mol. The summed E-state index contributed by atoms with van der Waals surface area (Å²) in [6.45, 7) is 1.77. The molecule has 12 heteroatoms. The number of nitrogen functional groups attached to an aromatic ring is 1. The number of aromatic nitrogens is 2. The second kappa shape index (κ2) is 12.1. The number of amides is 1. The van der Waals surface area contributed by atoms with E-state index in [9.17, 15) is 22.4 Å². The Bertz CT molecular complexity index is 1040. The highest BCUT2D eigenvalue weighted by Crippen LogP contribution is 2.33. The van der Waals surface area contributed by atoms with Gasteiger partial charge in [-0.05, 0) is 74.5 Å². The van der Waals surface area contributed by atoms with Gasteiger partial charge in [-0.3, -0.25) is 19.5 Å². The third-order valence-electron chi connectivity index (χ3n) is 7.04. The van der Waals surface area contributed by atoms with Gasteiger partial charge in [0.2, 0.25) is 5.91 Å². The Morgan fingerprint density at radius 3 is 2.49 bits per heavy atom. The van der Waals surface area contributed by atoms with Crippen LogP contribution in [0.3, 0.4) is 0 Å². The van der Waals surface area contributed by atoms with Crippen LogP contribution in [0.4, 0.5) is 23.4 Å². The lowest BCUT2D eigenvalue weighted by Gasteiger charge is -2.39. The minimum atomic E-state index is -4.52. The van der Waals surface area contributed by atoms with Crippen molar-refractivity contribution in [1.82, 2.24) is 25.2 Å². The number of likely N-dealkylation sites (tertiary alicyclic amines) is 2. The van der Waals surface area contributed by atoms with Gasteiger partial charge in [-0.2, -0.15) is 18.7 Å². The molecule has 0 radical (unpaired) electrons. The molecule has 2 fully saturated rings. The average Bonchev–Trinajstić information content (AvgIpc) is 2.87. The normalized spacial score (nSPS) is 19.2. The lowest BCUT2D eigenvalue weighted by atomic mass is 9.86. The van der Waals surface area contributed by atoms with E-state index in [2.05, 4.69) is 25.2 Å². The zero-order chi connectivity index (χ0) is 26.4. The van der Waals surface area contributed by atoms with E-state index in [0.29, 0.717) is 31.7 Å². The highest BCUT2D eigenvalue weighted by Gasteiger charge is 2.36. The van der Waals surface area contributed by atoms with Crippen molar-refractivity contribution in [3.8, 4) is 0 Å². The molecule has 2 aliphatic heterocycles. The number of carbonyl (C=O) groups is 1. The Balaban J connectivity index is 1.29. The quantitative estimate of drug-likeness (QED) is 0.403. The average molecular weight is 525 g/mol. The van der Waals surface area contributed by atoms with Crippen LogP contribution < -0.4 is 11.2 Å². The number of piperidine rings is 2. The smallest absolute Gasteiger partial charge is 0.384 e. The van der Waals surface area contributed by atoms with Crippen molar-refractivity contribution in [1.29, 1.82) is 0 Å². The lowest BCUT2D eigenvalue weighted by Crippen LogP contribution is -2.47. The highest BCUT2D eigenvalue weighted by molar-refractivity contribution is 5.79. The summed E-state index contributed by atoms with van der Waals surface area (Å²) in [7, 11) is 0. The van der Waals surface area contributed by atoms with Crippen LogP contribution in [0, 0.1) is 17.7 Å². The number of hydrogen-bond acceptors (Lipinski definition) is 7. The number of nitrogens with two attached hydrogens (primary N) is 1. The fourth-order valence-corrected chi connectivity index (χ4v) is 5.12. The molecular formula is C25H32F4N6O2. The zero-order valence-electron chi connectivity index (χ0n) is 20.5. The molecule has 4 rings (SSSR count). The molecular weight excluding hydrogens is 492 g/mol. The van der Waals surface area contributed by atoms with Gasteiger partial charge in [0.1, 0.15) is 11.6 Å². The Kier molecular flexibility index (Phi) is 8.93. The van der Waals surface area contributed by atoms with E-state index in [1.165, 1.54) is 18.3 Å². The maximum Gasteiger partial charge on any atom is 0.413 e. The summed E-state index contributed by atoms with van der Waals surface area (Å²) in [5.74, 6) is -0.326. The second-order valence-electron chi connectivity index (χ2n) is 9.67. The van der Waals surface area contributed by atoms with Crippen LogP contribution >= 0.6 is 0 Å². The minimum absolute atomic E-state index is 0.0118. The lowest BCUT2D eigenvalue weighted by molar-refractivity contribution is -0.195. The Hall–Kier alpha value is -2.83. The van der Waals surface area contributed by atoms with Crippen molar-refractivity contribution < 1.29 is 27.2 Å². The molecule has 2 aliphatic rings. The Labute approximate surface area is 213 Å².